The maximum absolute atomic E-state index is 12.6. The lowest BCUT2D eigenvalue weighted by atomic mass is 10.1. The van der Waals surface area contributed by atoms with Crippen LogP contribution in [0.5, 0.6) is 0 Å². The number of carbonyl (C=O) groups is 1. The number of carbonyl (C=O) groups excluding carboxylic acids is 1. The highest BCUT2D eigenvalue weighted by atomic mass is 16.2. The number of fused-ring (bicyclic) bond motifs is 1. The van der Waals surface area contributed by atoms with Gasteiger partial charge in [-0.3, -0.25) is 14.5 Å². The van der Waals surface area contributed by atoms with Gasteiger partial charge in [0.15, 0.2) is 0 Å². The standard InChI is InChI=1S/C21H22N4O2/c1-24(14-25-21(27)19-5-3-2-4-17(19)12-22-25)13-15-6-8-16(9-7-15)20(26)23-18-10-11-18/h2-9,12,18H,10-11,13-14H2,1H3,(H,23,26). The quantitative estimate of drug-likeness (QED) is 0.731. The Bertz CT molecular complexity index is 1020. The van der Waals surface area contributed by atoms with Gasteiger partial charge in [-0.15, -0.1) is 0 Å². The molecule has 1 fully saturated rings. The molecule has 1 saturated carbocycles. The summed E-state index contributed by atoms with van der Waals surface area (Å²) in [6.07, 6.45) is 3.88. The van der Waals surface area contributed by atoms with Gasteiger partial charge in [0.2, 0.25) is 0 Å². The highest BCUT2D eigenvalue weighted by Gasteiger charge is 2.23. The normalized spacial score (nSPS) is 13.9. The minimum Gasteiger partial charge on any atom is -0.349 e. The smallest absolute Gasteiger partial charge is 0.275 e. The summed E-state index contributed by atoms with van der Waals surface area (Å²) in [4.78, 5) is 26.6. The van der Waals surface area contributed by atoms with E-state index in [2.05, 4.69) is 10.4 Å². The Kier molecular flexibility index (Phi) is 4.73. The van der Waals surface area contributed by atoms with Crippen LogP contribution in [0.1, 0.15) is 28.8 Å². The molecule has 0 bridgehead atoms. The summed E-state index contributed by atoms with van der Waals surface area (Å²) < 4.78 is 1.47. The summed E-state index contributed by atoms with van der Waals surface area (Å²) in [6, 6.07) is 15.4. The van der Waals surface area contributed by atoms with E-state index in [4.69, 9.17) is 0 Å². The Morgan fingerprint density at radius 1 is 1.19 bits per heavy atom. The van der Waals surface area contributed by atoms with Crippen LogP contribution in [0.4, 0.5) is 0 Å². The first kappa shape index (κ1) is 17.4. The second kappa shape index (κ2) is 7.32. The van der Waals surface area contributed by atoms with Crippen molar-refractivity contribution in [3.05, 3.63) is 76.2 Å². The van der Waals surface area contributed by atoms with Crippen molar-refractivity contribution in [1.82, 2.24) is 20.0 Å². The van der Waals surface area contributed by atoms with Crippen LogP contribution < -0.4 is 10.9 Å². The van der Waals surface area contributed by atoms with Crippen LogP contribution in [-0.2, 0) is 13.2 Å². The molecule has 6 nitrogen and oxygen atoms in total. The molecule has 0 radical (unpaired) electrons. The van der Waals surface area contributed by atoms with E-state index >= 15 is 0 Å². The number of nitrogens with one attached hydrogen (secondary N) is 1. The van der Waals surface area contributed by atoms with E-state index < -0.39 is 0 Å². The van der Waals surface area contributed by atoms with Gasteiger partial charge in [0, 0.05) is 23.5 Å². The number of aromatic nitrogens is 2. The van der Waals surface area contributed by atoms with Crippen molar-refractivity contribution in [3.8, 4) is 0 Å². The van der Waals surface area contributed by atoms with Crippen LogP contribution in [0.2, 0.25) is 0 Å². The molecule has 1 heterocycles. The SMILES string of the molecule is CN(Cc1ccc(C(=O)NC2CC2)cc1)Cn1ncc2ccccc2c1=O. The molecule has 27 heavy (non-hydrogen) atoms. The van der Waals surface area contributed by atoms with Gasteiger partial charge >= 0.3 is 0 Å². The molecule has 1 amide bonds. The monoisotopic (exact) mass is 362 g/mol. The fourth-order valence-corrected chi connectivity index (χ4v) is 3.08. The van der Waals surface area contributed by atoms with Crippen LogP contribution in [0.25, 0.3) is 10.8 Å². The molecule has 1 N–H and O–H groups in total. The van der Waals surface area contributed by atoms with Crippen molar-refractivity contribution in [2.24, 2.45) is 0 Å². The van der Waals surface area contributed by atoms with Crippen molar-refractivity contribution >= 4 is 16.7 Å². The van der Waals surface area contributed by atoms with Gasteiger partial charge in [0.05, 0.1) is 18.3 Å². The van der Waals surface area contributed by atoms with Crippen molar-refractivity contribution in [3.63, 3.8) is 0 Å². The van der Waals surface area contributed by atoms with Crippen LogP contribution in [0.15, 0.2) is 59.5 Å². The Morgan fingerprint density at radius 3 is 2.67 bits per heavy atom. The third-order valence-corrected chi connectivity index (χ3v) is 4.72. The van der Waals surface area contributed by atoms with Crippen LogP contribution in [0.3, 0.4) is 0 Å². The molecule has 0 spiro atoms. The largest absolute Gasteiger partial charge is 0.349 e. The first-order valence-corrected chi connectivity index (χ1v) is 9.13. The maximum atomic E-state index is 12.6. The Morgan fingerprint density at radius 2 is 1.93 bits per heavy atom. The van der Waals surface area contributed by atoms with Gasteiger partial charge in [0.1, 0.15) is 0 Å². The number of hydrogen-bond acceptors (Lipinski definition) is 4. The van der Waals surface area contributed by atoms with Gasteiger partial charge < -0.3 is 5.32 Å². The molecule has 6 heteroatoms. The molecule has 1 aromatic heterocycles. The van der Waals surface area contributed by atoms with Gasteiger partial charge in [-0.1, -0.05) is 30.3 Å². The predicted octanol–water partition coefficient (Wildman–Crippen LogP) is 2.38. The van der Waals surface area contributed by atoms with Crippen LogP contribution in [0, 0.1) is 0 Å². The minimum absolute atomic E-state index is 0.00989. The van der Waals surface area contributed by atoms with Gasteiger partial charge in [-0.25, -0.2) is 4.68 Å². The second-order valence-electron chi connectivity index (χ2n) is 7.14. The Balaban J connectivity index is 1.41. The zero-order chi connectivity index (χ0) is 18.8. The molecular formula is C21H22N4O2. The van der Waals surface area contributed by atoms with E-state index in [1.54, 1.807) is 6.20 Å². The van der Waals surface area contributed by atoms with Crippen molar-refractivity contribution in [2.45, 2.75) is 32.1 Å². The van der Waals surface area contributed by atoms with E-state index in [1.165, 1.54) is 4.68 Å². The summed E-state index contributed by atoms with van der Waals surface area (Å²) >= 11 is 0. The van der Waals surface area contributed by atoms with E-state index in [1.807, 2.05) is 60.5 Å². The van der Waals surface area contributed by atoms with Crippen molar-refractivity contribution in [1.29, 1.82) is 0 Å². The van der Waals surface area contributed by atoms with Gasteiger partial charge in [-0.2, -0.15) is 5.10 Å². The molecule has 2 aromatic carbocycles. The second-order valence-corrected chi connectivity index (χ2v) is 7.14. The predicted molar refractivity (Wildman–Crippen MR) is 104 cm³/mol. The maximum Gasteiger partial charge on any atom is 0.275 e. The van der Waals surface area contributed by atoms with Crippen LogP contribution in [-0.4, -0.2) is 33.7 Å². The first-order chi connectivity index (χ1) is 13.1. The molecule has 0 unspecified atom stereocenters. The van der Waals surface area contributed by atoms with E-state index in [-0.39, 0.29) is 11.5 Å². The highest BCUT2D eigenvalue weighted by Crippen LogP contribution is 2.19. The lowest BCUT2D eigenvalue weighted by Gasteiger charge is -2.17. The highest BCUT2D eigenvalue weighted by molar-refractivity contribution is 5.94. The number of benzene rings is 2. The summed E-state index contributed by atoms with van der Waals surface area (Å²) in [5, 5.41) is 8.78. The molecule has 0 saturated heterocycles. The number of amides is 1. The van der Waals surface area contributed by atoms with E-state index in [0.29, 0.717) is 30.2 Å². The average molecular weight is 362 g/mol. The summed E-state index contributed by atoms with van der Waals surface area (Å²) in [5.74, 6) is -0.00989. The Hall–Kier alpha value is -2.99. The van der Waals surface area contributed by atoms with Crippen molar-refractivity contribution < 1.29 is 4.79 Å². The molecule has 0 aliphatic heterocycles. The number of hydrogen-bond donors (Lipinski definition) is 1. The number of nitrogens with zero attached hydrogens (tertiary/aromatic N) is 3. The van der Waals surface area contributed by atoms with E-state index in [9.17, 15) is 9.59 Å². The minimum atomic E-state index is -0.0907. The fraction of sp³-hybridized carbons (Fsp3) is 0.286. The third kappa shape index (κ3) is 4.06. The first-order valence-electron chi connectivity index (χ1n) is 9.13. The molecule has 1 aliphatic carbocycles. The zero-order valence-corrected chi connectivity index (χ0v) is 15.3. The molecule has 0 atom stereocenters. The zero-order valence-electron chi connectivity index (χ0n) is 15.3. The molecule has 1 aliphatic rings. The van der Waals surface area contributed by atoms with Crippen molar-refractivity contribution in [2.75, 3.05) is 7.05 Å². The molecule has 138 valence electrons. The van der Waals surface area contributed by atoms with Gasteiger partial charge in [-0.05, 0) is 43.7 Å². The topological polar surface area (TPSA) is 67.2 Å². The lowest BCUT2D eigenvalue weighted by Crippen LogP contribution is -2.31. The summed E-state index contributed by atoms with van der Waals surface area (Å²) in [5.41, 5.74) is 1.67. The van der Waals surface area contributed by atoms with Crippen LogP contribution >= 0.6 is 0 Å². The van der Waals surface area contributed by atoms with Gasteiger partial charge in [0.25, 0.3) is 11.5 Å². The third-order valence-electron chi connectivity index (χ3n) is 4.72. The Labute approximate surface area is 157 Å². The molecule has 4 rings (SSSR count). The lowest BCUT2D eigenvalue weighted by molar-refractivity contribution is 0.0951. The van der Waals surface area contributed by atoms with E-state index in [0.717, 1.165) is 23.8 Å². The average Bonchev–Trinajstić information content (AvgIpc) is 3.49. The molecular weight excluding hydrogens is 340 g/mol. The number of rotatable bonds is 6. The summed E-state index contributed by atoms with van der Waals surface area (Å²) in [6.45, 7) is 1.05. The fourth-order valence-electron chi connectivity index (χ4n) is 3.08. The molecule has 3 aromatic rings. The summed E-state index contributed by atoms with van der Waals surface area (Å²) in [7, 11) is 1.94.